The summed E-state index contributed by atoms with van der Waals surface area (Å²) in [5.41, 5.74) is 2.43. The first kappa shape index (κ1) is 22.8. The Kier molecular flexibility index (Phi) is 8.47. The van der Waals surface area contributed by atoms with Crippen LogP contribution in [0.15, 0.2) is 48.5 Å². The van der Waals surface area contributed by atoms with Crippen molar-refractivity contribution < 1.29 is 19.1 Å². The number of carbonyl (C=O) groups is 2. The molecule has 1 unspecified atom stereocenters. The lowest BCUT2D eigenvalue weighted by Gasteiger charge is -2.33. The monoisotopic (exact) mass is 424 g/mol. The van der Waals surface area contributed by atoms with Crippen molar-refractivity contribution in [2.45, 2.75) is 32.1 Å². The van der Waals surface area contributed by atoms with E-state index in [0.29, 0.717) is 37.4 Å². The molecule has 0 aliphatic carbocycles. The Morgan fingerprint density at radius 2 is 1.94 bits per heavy atom. The van der Waals surface area contributed by atoms with Crippen molar-refractivity contribution in [1.29, 1.82) is 0 Å². The number of carbonyl (C=O) groups excluding carboxylic acids is 2. The highest BCUT2D eigenvalue weighted by atomic mass is 16.5. The molecule has 1 saturated heterocycles. The second-order valence-corrected chi connectivity index (χ2v) is 7.75. The molecule has 0 saturated carbocycles. The zero-order valence-electron chi connectivity index (χ0n) is 18.4. The van der Waals surface area contributed by atoms with E-state index in [9.17, 15) is 9.59 Å². The van der Waals surface area contributed by atoms with Crippen molar-refractivity contribution in [3.8, 4) is 5.75 Å². The number of nitrogens with zero attached hydrogens (tertiary/aromatic N) is 1. The molecule has 0 bridgehead atoms. The Balaban J connectivity index is 1.61. The summed E-state index contributed by atoms with van der Waals surface area (Å²) in [5, 5.41) is 2.95. The molecule has 166 valence electrons. The molecule has 2 aromatic carbocycles. The number of ether oxygens (including phenoxy) is 2. The molecular formula is C25H32N2O4. The van der Waals surface area contributed by atoms with E-state index in [0.717, 1.165) is 37.1 Å². The van der Waals surface area contributed by atoms with Crippen LogP contribution in [0.4, 0.5) is 0 Å². The minimum Gasteiger partial charge on any atom is -0.497 e. The van der Waals surface area contributed by atoms with Gasteiger partial charge < -0.3 is 19.7 Å². The smallest absolute Gasteiger partial charge is 0.253 e. The maximum atomic E-state index is 13.0. The third-order valence-electron chi connectivity index (χ3n) is 5.62. The molecule has 31 heavy (non-hydrogen) atoms. The van der Waals surface area contributed by atoms with Gasteiger partial charge in [-0.1, -0.05) is 12.1 Å². The highest BCUT2D eigenvalue weighted by Gasteiger charge is 2.26. The normalized spacial score (nSPS) is 16.1. The lowest BCUT2D eigenvalue weighted by Crippen LogP contribution is -2.39. The molecule has 0 aromatic heterocycles. The second-order valence-electron chi connectivity index (χ2n) is 7.75. The number of methoxy groups -OCH3 is 1. The highest BCUT2D eigenvalue weighted by molar-refractivity contribution is 5.95. The number of rotatable bonds is 9. The van der Waals surface area contributed by atoms with Crippen molar-refractivity contribution in [3.05, 3.63) is 65.2 Å². The summed E-state index contributed by atoms with van der Waals surface area (Å²) in [4.78, 5) is 27.4. The average molecular weight is 425 g/mol. The van der Waals surface area contributed by atoms with Gasteiger partial charge in [-0.25, -0.2) is 0 Å². The van der Waals surface area contributed by atoms with Crippen molar-refractivity contribution in [1.82, 2.24) is 10.2 Å². The minimum atomic E-state index is -0.0691. The number of amides is 2. The number of piperidine rings is 1. The van der Waals surface area contributed by atoms with Crippen LogP contribution in [0.2, 0.25) is 0 Å². The quantitative estimate of drug-likeness (QED) is 0.621. The van der Waals surface area contributed by atoms with Gasteiger partial charge >= 0.3 is 0 Å². The molecule has 0 spiro atoms. The number of benzene rings is 2. The predicted molar refractivity (Wildman–Crippen MR) is 121 cm³/mol. The first-order chi connectivity index (χ1) is 15.1. The molecule has 6 heteroatoms. The van der Waals surface area contributed by atoms with E-state index in [1.54, 1.807) is 19.2 Å². The van der Waals surface area contributed by atoms with E-state index in [4.69, 9.17) is 9.47 Å². The van der Waals surface area contributed by atoms with Crippen LogP contribution in [0, 0.1) is 0 Å². The van der Waals surface area contributed by atoms with Crippen molar-refractivity contribution in [2.75, 3.05) is 40.0 Å². The topological polar surface area (TPSA) is 67.9 Å². The maximum Gasteiger partial charge on any atom is 0.253 e. The van der Waals surface area contributed by atoms with E-state index in [2.05, 4.69) is 11.4 Å². The van der Waals surface area contributed by atoms with Crippen LogP contribution in [0.3, 0.4) is 0 Å². The predicted octanol–water partition coefficient (Wildman–Crippen LogP) is 3.87. The highest BCUT2D eigenvalue weighted by Crippen LogP contribution is 2.28. The van der Waals surface area contributed by atoms with Crippen LogP contribution < -0.4 is 10.1 Å². The Bertz CT molecular complexity index is 866. The molecule has 1 aliphatic heterocycles. The molecule has 0 radical (unpaired) electrons. The number of nitrogens with one attached hydrogen (secondary N) is 1. The molecule has 6 nitrogen and oxygen atoms in total. The van der Waals surface area contributed by atoms with Gasteiger partial charge in [-0.15, -0.1) is 0 Å². The molecule has 1 fully saturated rings. The Hall–Kier alpha value is -2.86. The minimum absolute atomic E-state index is 0.0375. The van der Waals surface area contributed by atoms with Gasteiger partial charge in [0, 0.05) is 49.9 Å². The largest absolute Gasteiger partial charge is 0.497 e. The molecule has 1 heterocycles. The SMILES string of the molecule is CCOCCCNC(=O)c1cccc(C2CCCN(C(=O)c3ccc(OC)cc3)C2)c1. The summed E-state index contributed by atoms with van der Waals surface area (Å²) >= 11 is 0. The van der Waals surface area contributed by atoms with E-state index in [-0.39, 0.29) is 17.7 Å². The summed E-state index contributed by atoms with van der Waals surface area (Å²) in [6.45, 7) is 5.30. The fourth-order valence-corrected chi connectivity index (χ4v) is 3.91. The van der Waals surface area contributed by atoms with Crippen LogP contribution in [0.5, 0.6) is 5.75 Å². The first-order valence-corrected chi connectivity index (χ1v) is 11.0. The van der Waals surface area contributed by atoms with Crippen molar-refractivity contribution in [2.24, 2.45) is 0 Å². The second kappa shape index (κ2) is 11.5. The van der Waals surface area contributed by atoms with Crippen LogP contribution >= 0.6 is 0 Å². The summed E-state index contributed by atoms with van der Waals surface area (Å²) in [5.74, 6) is 0.929. The first-order valence-electron chi connectivity index (χ1n) is 11.0. The number of hydrogen-bond donors (Lipinski definition) is 1. The molecule has 1 aliphatic rings. The Labute approximate surface area is 184 Å². The van der Waals surface area contributed by atoms with Gasteiger partial charge in [-0.3, -0.25) is 9.59 Å². The summed E-state index contributed by atoms with van der Waals surface area (Å²) in [7, 11) is 1.61. The van der Waals surface area contributed by atoms with Gasteiger partial charge in [0.05, 0.1) is 7.11 Å². The molecular weight excluding hydrogens is 392 g/mol. The molecule has 2 aromatic rings. The number of hydrogen-bond acceptors (Lipinski definition) is 4. The van der Waals surface area contributed by atoms with Gasteiger partial charge in [-0.2, -0.15) is 0 Å². The van der Waals surface area contributed by atoms with E-state index in [1.807, 2.05) is 42.2 Å². The molecule has 2 amide bonds. The maximum absolute atomic E-state index is 13.0. The summed E-state index contributed by atoms with van der Waals surface area (Å²) < 4.78 is 10.5. The van der Waals surface area contributed by atoms with Gasteiger partial charge in [-0.05, 0) is 68.1 Å². The average Bonchev–Trinajstić information content (AvgIpc) is 2.83. The Morgan fingerprint density at radius 3 is 2.68 bits per heavy atom. The fourth-order valence-electron chi connectivity index (χ4n) is 3.91. The van der Waals surface area contributed by atoms with E-state index < -0.39 is 0 Å². The fraction of sp³-hybridized carbons (Fsp3) is 0.440. The summed E-state index contributed by atoms with van der Waals surface area (Å²) in [6, 6.07) is 15.0. The number of likely N-dealkylation sites (tertiary alicyclic amines) is 1. The van der Waals surface area contributed by atoms with Crippen molar-refractivity contribution in [3.63, 3.8) is 0 Å². The van der Waals surface area contributed by atoms with E-state index in [1.165, 1.54) is 0 Å². The van der Waals surface area contributed by atoms with Gasteiger partial charge in [0.1, 0.15) is 5.75 Å². The molecule has 3 rings (SSSR count). The Morgan fingerprint density at radius 1 is 1.13 bits per heavy atom. The third-order valence-corrected chi connectivity index (χ3v) is 5.62. The van der Waals surface area contributed by atoms with E-state index >= 15 is 0 Å². The van der Waals surface area contributed by atoms with Gasteiger partial charge in [0.25, 0.3) is 11.8 Å². The van der Waals surface area contributed by atoms with Gasteiger partial charge in [0.2, 0.25) is 0 Å². The van der Waals surface area contributed by atoms with Crippen LogP contribution in [0.25, 0.3) is 0 Å². The van der Waals surface area contributed by atoms with Crippen LogP contribution in [0.1, 0.15) is 58.4 Å². The molecule has 1 atom stereocenters. The van der Waals surface area contributed by atoms with Crippen LogP contribution in [-0.4, -0.2) is 56.7 Å². The standard InChI is InChI=1S/C25H32N2O4/c1-3-31-16-6-14-26-24(28)21-8-4-7-20(17-21)22-9-5-15-27(18-22)25(29)19-10-12-23(30-2)13-11-19/h4,7-8,10-13,17,22H,3,5-6,9,14-16,18H2,1-2H3,(H,26,28). The van der Waals surface area contributed by atoms with Crippen LogP contribution in [-0.2, 0) is 4.74 Å². The zero-order chi connectivity index (χ0) is 22.1. The lowest BCUT2D eigenvalue weighted by atomic mass is 9.89. The lowest BCUT2D eigenvalue weighted by molar-refractivity contribution is 0.0706. The van der Waals surface area contributed by atoms with Gasteiger partial charge in [0.15, 0.2) is 0 Å². The third kappa shape index (κ3) is 6.31. The van der Waals surface area contributed by atoms with Crippen molar-refractivity contribution >= 4 is 11.8 Å². The zero-order valence-corrected chi connectivity index (χ0v) is 18.4. The summed E-state index contributed by atoms with van der Waals surface area (Å²) in [6.07, 6.45) is 2.75. The molecule has 1 N–H and O–H groups in total.